The van der Waals surface area contributed by atoms with Crippen molar-refractivity contribution in [2.24, 2.45) is 0 Å². The number of anilines is 1. The molecule has 5 nitrogen and oxygen atoms in total. The van der Waals surface area contributed by atoms with E-state index >= 15 is 0 Å². The summed E-state index contributed by atoms with van der Waals surface area (Å²) in [4.78, 5) is 23.9. The molecule has 2 aromatic rings. The Labute approximate surface area is 151 Å². The molecule has 0 spiro atoms. The van der Waals surface area contributed by atoms with E-state index in [1.54, 1.807) is 42.5 Å². The fraction of sp³-hybridized carbons (Fsp3) is 0.263. The molecular formula is C19H20ClNO4. The highest BCUT2D eigenvalue weighted by molar-refractivity contribution is 6.30. The van der Waals surface area contributed by atoms with Crippen molar-refractivity contribution in [2.75, 3.05) is 18.5 Å². The van der Waals surface area contributed by atoms with Crippen LogP contribution in [0.3, 0.4) is 0 Å². The summed E-state index contributed by atoms with van der Waals surface area (Å²) in [6.45, 7) is 4.10. The number of hydrogen-bond donors (Lipinski definition) is 1. The maximum absolute atomic E-state index is 12.0. The Morgan fingerprint density at radius 2 is 1.84 bits per heavy atom. The summed E-state index contributed by atoms with van der Waals surface area (Å²) < 4.78 is 10.5. The zero-order valence-electron chi connectivity index (χ0n) is 14.2. The van der Waals surface area contributed by atoms with Crippen LogP contribution in [-0.2, 0) is 9.53 Å². The normalized spacial score (nSPS) is 10.2. The van der Waals surface area contributed by atoms with Gasteiger partial charge in [0.25, 0.3) is 5.91 Å². The number of nitrogens with one attached hydrogen (secondary N) is 1. The Morgan fingerprint density at radius 1 is 1.12 bits per heavy atom. The third-order valence-corrected chi connectivity index (χ3v) is 3.59. The van der Waals surface area contributed by atoms with E-state index in [-0.39, 0.29) is 6.61 Å². The second-order valence-corrected chi connectivity index (χ2v) is 5.89. The molecule has 0 bridgehead atoms. The SMILES string of the molecule is CCCOc1ccc(C(=O)OCC(=O)Nc2ccc(Cl)cc2C)cc1. The van der Waals surface area contributed by atoms with Gasteiger partial charge in [0.2, 0.25) is 0 Å². The van der Waals surface area contributed by atoms with E-state index in [1.165, 1.54) is 0 Å². The van der Waals surface area contributed by atoms with Gasteiger partial charge in [-0.05, 0) is 61.4 Å². The van der Waals surface area contributed by atoms with Crippen LogP contribution >= 0.6 is 11.6 Å². The minimum absolute atomic E-state index is 0.360. The highest BCUT2D eigenvalue weighted by Gasteiger charge is 2.11. The lowest BCUT2D eigenvalue weighted by atomic mass is 10.2. The molecule has 2 rings (SSSR count). The molecule has 2 aromatic carbocycles. The number of amides is 1. The van der Waals surface area contributed by atoms with Gasteiger partial charge < -0.3 is 14.8 Å². The molecule has 0 radical (unpaired) electrons. The third-order valence-electron chi connectivity index (χ3n) is 3.36. The summed E-state index contributed by atoms with van der Waals surface area (Å²) >= 11 is 5.87. The minimum atomic E-state index is -0.565. The highest BCUT2D eigenvalue weighted by atomic mass is 35.5. The van der Waals surface area contributed by atoms with Gasteiger partial charge in [-0.25, -0.2) is 4.79 Å². The van der Waals surface area contributed by atoms with Crippen LogP contribution in [0.1, 0.15) is 29.3 Å². The smallest absolute Gasteiger partial charge is 0.338 e. The van der Waals surface area contributed by atoms with Gasteiger partial charge in [0.05, 0.1) is 12.2 Å². The molecule has 0 heterocycles. The molecule has 25 heavy (non-hydrogen) atoms. The maximum atomic E-state index is 12.0. The Hall–Kier alpha value is -2.53. The average molecular weight is 362 g/mol. The fourth-order valence-corrected chi connectivity index (χ4v) is 2.30. The maximum Gasteiger partial charge on any atom is 0.338 e. The predicted octanol–water partition coefficient (Wildman–Crippen LogP) is 4.23. The van der Waals surface area contributed by atoms with Gasteiger partial charge in [-0.1, -0.05) is 18.5 Å². The van der Waals surface area contributed by atoms with E-state index in [2.05, 4.69) is 5.32 Å². The van der Waals surface area contributed by atoms with Gasteiger partial charge in [0.15, 0.2) is 6.61 Å². The van der Waals surface area contributed by atoms with Crippen LogP contribution in [0, 0.1) is 6.92 Å². The van der Waals surface area contributed by atoms with E-state index in [4.69, 9.17) is 21.1 Å². The Balaban J connectivity index is 1.85. The van der Waals surface area contributed by atoms with Gasteiger partial charge in [-0.2, -0.15) is 0 Å². The van der Waals surface area contributed by atoms with E-state index in [0.717, 1.165) is 12.0 Å². The monoisotopic (exact) mass is 361 g/mol. The molecule has 0 saturated heterocycles. The summed E-state index contributed by atoms with van der Waals surface area (Å²) in [6.07, 6.45) is 0.909. The van der Waals surface area contributed by atoms with Crippen molar-refractivity contribution in [3.63, 3.8) is 0 Å². The number of carbonyl (C=O) groups is 2. The van der Waals surface area contributed by atoms with Crippen molar-refractivity contribution in [1.82, 2.24) is 0 Å². The summed E-state index contributed by atoms with van der Waals surface area (Å²) in [7, 11) is 0. The van der Waals surface area contributed by atoms with Crippen molar-refractivity contribution < 1.29 is 19.1 Å². The van der Waals surface area contributed by atoms with Crippen LogP contribution in [0.5, 0.6) is 5.75 Å². The van der Waals surface area contributed by atoms with Crippen molar-refractivity contribution in [3.05, 3.63) is 58.6 Å². The van der Waals surface area contributed by atoms with Gasteiger partial charge >= 0.3 is 5.97 Å². The van der Waals surface area contributed by atoms with Crippen LogP contribution in [0.4, 0.5) is 5.69 Å². The lowest BCUT2D eigenvalue weighted by Crippen LogP contribution is -2.21. The first-order valence-electron chi connectivity index (χ1n) is 7.95. The first-order valence-corrected chi connectivity index (χ1v) is 8.33. The molecular weight excluding hydrogens is 342 g/mol. The van der Waals surface area contributed by atoms with Gasteiger partial charge in [0, 0.05) is 10.7 Å². The van der Waals surface area contributed by atoms with Crippen LogP contribution < -0.4 is 10.1 Å². The number of hydrogen-bond acceptors (Lipinski definition) is 4. The molecule has 0 aliphatic rings. The first-order chi connectivity index (χ1) is 12.0. The molecule has 0 aliphatic carbocycles. The Morgan fingerprint density at radius 3 is 2.48 bits per heavy atom. The second kappa shape index (κ2) is 9.08. The average Bonchev–Trinajstić information content (AvgIpc) is 2.60. The van der Waals surface area contributed by atoms with Crippen molar-refractivity contribution in [1.29, 1.82) is 0 Å². The summed E-state index contributed by atoms with van der Waals surface area (Å²) in [5.74, 6) is -0.291. The first kappa shape index (κ1) is 18.8. The number of ether oxygens (including phenoxy) is 2. The lowest BCUT2D eigenvalue weighted by molar-refractivity contribution is -0.119. The molecule has 1 N–H and O–H groups in total. The Kier molecular flexibility index (Phi) is 6.83. The quantitative estimate of drug-likeness (QED) is 0.749. The molecule has 0 atom stereocenters. The fourth-order valence-electron chi connectivity index (χ4n) is 2.08. The summed E-state index contributed by atoms with van der Waals surface area (Å²) in [5, 5.41) is 3.27. The number of esters is 1. The lowest BCUT2D eigenvalue weighted by Gasteiger charge is -2.09. The zero-order valence-corrected chi connectivity index (χ0v) is 14.9. The molecule has 6 heteroatoms. The third kappa shape index (κ3) is 5.80. The summed E-state index contributed by atoms with van der Waals surface area (Å²) in [6, 6.07) is 11.7. The van der Waals surface area contributed by atoms with Crippen molar-refractivity contribution in [3.8, 4) is 5.75 Å². The predicted molar refractivity (Wildman–Crippen MR) is 97.3 cm³/mol. The minimum Gasteiger partial charge on any atom is -0.494 e. The van der Waals surface area contributed by atoms with Gasteiger partial charge in [-0.15, -0.1) is 0 Å². The van der Waals surface area contributed by atoms with Crippen molar-refractivity contribution >= 4 is 29.2 Å². The highest BCUT2D eigenvalue weighted by Crippen LogP contribution is 2.19. The molecule has 0 saturated carbocycles. The zero-order chi connectivity index (χ0) is 18.2. The van der Waals surface area contributed by atoms with E-state index in [0.29, 0.717) is 28.6 Å². The van der Waals surface area contributed by atoms with Crippen LogP contribution in [0.25, 0.3) is 0 Å². The molecule has 132 valence electrons. The molecule has 0 fully saturated rings. The number of halogens is 1. The topological polar surface area (TPSA) is 64.6 Å². The number of carbonyl (C=O) groups excluding carboxylic acids is 2. The number of aryl methyl sites for hydroxylation is 1. The summed E-state index contributed by atoms with van der Waals surface area (Å²) in [5.41, 5.74) is 1.82. The second-order valence-electron chi connectivity index (χ2n) is 5.46. The van der Waals surface area contributed by atoms with Crippen molar-refractivity contribution in [2.45, 2.75) is 20.3 Å². The molecule has 0 aromatic heterocycles. The van der Waals surface area contributed by atoms with Gasteiger partial charge in [-0.3, -0.25) is 4.79 Å². The number of benzene rings is 2. The molecule has 0 unspecified atom stereocenters. The van der Waals surface area contributed by atoms with E-state index < -0.39 is 11.9 Å². The molecule has 1 amide bonds. The van der Waals surface area contributed by atoms with E-state index in [9.17, 15) is 9.59 Å². The molecule has 0 aliphatic heterocycles. The largest absolute Gasteiger partial charge is 0.494 e. The van der Waals surface area contributed by atoms with Crippen LogP contribution in [-0.4, -0.2) is 25.1 Å². The Bertz CT molecular complexity index is 744. The number of rotatable bonds is 7. The van der Waals surface area contributed by atoms with Gasteiger partial charge in [0.1, 0.15) is 5.75 Å². The van der Waals surface area contributed by atoms with Crippen LogP contribution in [0.15, 0.2) is 42.5 Å². The standard InChI is InChI=1S/C19H20ClNO4/c1-3-10-24-16-7-4-14(5-8-16)19(23)25-12-18(22)21-17-9-6-15(20)11-13(17)2/h4-9,11H,3,10,12H2,1-2H3,(H,21,22). The van der Waals surface area contributed by atoms with Crippen LogP contribution in [0.2, 0.25) is 5.02 Å². The van der Waals surface area contributed by atoms with E-state index in [1.807, 2.05) is 13.8 Å².